The van der Waals surface area contributed by atoms with Crippen molar-refractivity contribution in [3.8, 4) is 0 Å². The van der Waals surface area contributed by atoms with Crippen LogP contribution in [0.15, 0.2) is 18.5 Å². The summed E-state index contributed by atoms with van der Waals surface area (Å²) in [7, 11) is 1.83. The van der Waals surface area contributed by atoms with Gasteiger partial charge in [-0.3, -0.25) is 4.68 Å². The van der Waals surface area contributed by atoms with Gasteiger partial charge in [0.25, 0.3) is 0 Å². The molecule has 0 fully saturated rings. The molecule has 0 unspecified atom stereocenters. The monoisotopic (exact) mass is 218 g/mol. The molecule has 2 rings (SSSR count). The van der Waals surface area contributed by atoms with Crippen LogP contribution in [0.25, 0.3) is 0 Å². The SMILES string of the molecule is Cc1ccc(N)c(NCc2ncn(C)n2)n1. The Hall–Kier alpha value is -2.11. The normalized spacial score (nSPS) is 10.4. The maximum Gasteiger partial charge on any atom is 0.169 e. The number of anilines is 2. The Kier molecular flexibility index (Phi) is 2.72. The molecule has 84 valence electrons. The zero-order chi connectivity index (χ0) is 11.5. The summed E-state index contributed by atoms with van der Waals surface area (Å²) >= 11 is 0. The summed E-state index contributed by atoms with van der Waals surface area (Å²) in [5, 5.41) is 7.26. The minimum Gasteiger partial charge on any atom is -0.396 e. The van der Waals surface area contributed by atoms with Crippen molar-refractivity contribution in [1.82, 2.24) is 19.7 Å². The van der Waals surface area contributed by atoms with Gasteiger partial charge in [0.05, 0.1) is 12.2 Å². The number of nitrogen functional groups attached to an aromatic ring is 1. The van der Waals surface area contributed by atoms with Gasteiger partial charge in [-0.1, -0.05) is 0 Å². The summed E-state index contributed by atoms with van der Waals surface area (Å²) in [6.45, 7) is 2.44. The van der Waals surface area contributed by atoms with E-state index in [0.717, 1.165) is 5.69 Å². The van der Waals surface area contributed by atoms with Crippen LogP contribution in [0.5, 0.6) is 0 Å². The van der Waals surface area contributed by atoms with Crippen LogP contribution in [0.3, 0.4) is 0 Å². The number of hydrogen-bond acceptors (Lipinski definition) is 5. The lowest BCUT2D eigenvalue weighted by Crippen LogP contribution is -2.06. The van der Waals surface area contributed by atoms with E-state index in [1.54, 1.807) is 11.0 Å². The summed E-state index contributed by atoms with van der Waals surface area (Å²) in [6.07, 6.45) is 1.66. The minimum atomic E-state index is 0.515. The lowest BCUT2D eigenvalue weighted by molar-refractivity contribution is 0.747. The number of nitrogens with one attached hydrogen (secondary N) is 1. The third-order valence-corrected chi connectivity index (χ3v) is 2.13. The molecule has 0 atom stereocenters. The van der Waals surface area contributed by atoms with Gasteiger partial charge in [-0.15, -0.1) is 0 Å². The third kappa shape index (κ3) is 2.28. The lowest BCUT2D eigenvalue weighted by atomic mass is 10.3. The van der Waals surface area contributed by atoms with E-state index in [9.17, 15) is 0 Å². The molecule has 0 aromatic carbocycles. The Morgan fingerprint density at radius 2 is 2.25 bits per heavy atom. The van der Waals surface area contributed by atoms with Gasteiger partial charge in [-0.2, -0.15) is 5.10 Å². The molecule has 0 saturated carbocycles. The quantitative estimate of drug-likeness (QED) is 0.793. The van der Waals surface area contributed by atoms with Crippen LogP contribution in [0.2, 0.25) is 0 Å². The fourth-order valence-electron chi connectivity index (χ4n) is 1.34. The first-order valence-electron chi connectivity index (χ1n) is 4.96. The number of aromatic nitrogens is 4. The van der Waals surface area contributed by atoms with E-state index < -0.39 is 0 Å². The molecule has 2 aromatic heterocycles. The fourth-order valence-corrected chi connectivity index (χ4v) is 1.34. The Labute approximate surface area is 93.5 Å². The molecule has 16 heavy (non-hydrogen) atoms. The van der Waals surface area contributed by atoms with Crippen molar-refractivity contribution < 1.29 is 0 Å². The molecule has 0 aliphatic rings. The topological polar surface area (TPSA) is 81.6 Å². The van der Waals surface area contributed by atoms with Crippen molar-refractivity contribution in [2.45, 2.75) is 13.5 Å². The van der Waals surface area contributed by atoms with Gasteiger partial charge >= 0.3 is 0 Å². The molecule has 0 radical (unpaired) electrons. The molecule has 0 saturated heterocycles. The van der Waals surface area contributed by atoms with Crippen molar-refractivity contribution in [3.05, 3.63) is 30.0 Å². The lowest BCUT2D eigenvalue weighted by Gasteiger charge is -2.06. The zero-order valence-electron chi connectivity index (χ0n) is 9.31. The summed E-state index contributed by atoms with van der Waals surface area (Å²) < 4.78 is 1.66. The number of nitrogens with two attached hydrogens (primary N) is 1. The van der Waals surface area contributed by atoms with Crippen molar-refractivity contribution in [2.24, 2.45) is 7.05 Å². The van der Waals surface area contributed by atoms with Crippen LogP contribution in [0.1, 0.15) is 11.5 Å². The maximum absolute atomic E-state index is 5.79. The smallest absolute Gasteiger partial charge is 0.169 e. The van der Waals surface area contributed by atoms with E-state index in [4.69, 9.17) is 5.73 Å². The number of pyridine rings is 1. The van der Waals surface area contributed by atoms with Gasteiger partial charge < -0.3 is 11.1 Å². The largest absolute Gasteiger partial charge is 0.396 e. The second kappa shape index (κ2) is 4.18. The van der Waals surface area contributed by atoms with E-state index >= 15 is 0 Å². The summed E-state index contributed by atoms with van der Waals surface area (Å²) in [4.78, 5) is 8.40. The first kappa shape index (κ1) is 10.4. The van der Waals surface area contributed by atoms with E-state index in [1.165, 1.54) is 0 Å². The first-order chi connectivity index (χ1) is 7.65. The van der Waals surface area contributed by atoms with Gasteiger partial charge in [0.2, 0.25) is 0 Å². The molecule has 2 heterocycles. The van der Waals surface area contributed by atoms with Crippen LogP contribution in [-0.4, -0.2) is 19.7 Å². The van der Waals surface area contributed by atoms with E-state index in [1.807, 2.05) is 26.1 Å². The van der Waals surface area contributed by atoms with Gasteiger partial charge in [-0.05, 0) is 19.1 Å². The number of hydrogen-bond donors (Lipinski definition) is 2. The Morgan fingerprint density at radius 3 is 2.94 bits per heavy atom. The average Bonchev–Trinajstić information content (AvgIpc) is 2.66. The standard InChI is InChI=1S/C10H14N6/c1-7-3-4-8(11)10(14-7)12-5-9-13-6-16(2)15-9/h3-4,6H,5,11H2,1-2H3,(H,12,14). The van der Waals surface area contributed by atoms with Gasteiger partial charge in [0, 0.05) is 12.7 Å². The molecule has 6 nitrogen and oxygen atoms in total. The Bertz CT molecular complexity index is 490. The molecule has 0 aliphatic heterocycles. The zero-order valence-corrected chi connectivity index (χ0v) is 9.31. The fraction of sp³-hybridized carbons (Fsp3) is 0.300. The molecule has 0 spiro atoms. The first-order valence-corrected chi connectivity index (χ1v) is 4.96. The Morgan fingerprint density at radius 1 is 1.44 bits per heavy atom. The molecule has 6 heteroatoms. The number of aryl methyl sites for hydroxylation is 2. The second-order valence-electron chi connectivity index (χ2n) is 3.58. The third-order valence-electron chi connectivity index (χ3n) is 2.13. The summed E-state index contributed by atoms with van der Waals surface area (Å²) in [5.41, 5.74) is 7.34. The van der Waals surface area contributed by atoms with Crippen molar-refractivity contribution in [1.29, 1.82) is 0 Å². The second-order valence-corrected chi connectivity index (χ2v) is 3.58. The highest BCUT2D eigenvalue weighted by Gasteiger charge is 2.03. The van der Waals surface area contributed by atoms with E-state index in [2.05, 4.69) is 20.4 Å². The predicted molar refractivity (Wildman–Crippen MR) is 61.7 cm³/mol. The molecule has 3 N–H and O–H groups in total. The van der Waals surface area contributed by atoms with Crippen LogP contribution < -0.4 is 11.1 Å². The summed E-state index contributed by atoms with van der Waals surface area (Å²) in [5.74, 6) is 1.39. The molecule has 0 aliphatic carbocycles. The van der Waals surface area contributed by atoms with Crippen molar-refractivity contribution in [3.63, 3.8) is 0 Å². The van der Waals surface area contributed by atoms with Crippen LogP contribution in [0.4, 0.5) is 11.5 Å². The van der Waals surface area contributed by atoms with Gasteiger partial charge in [0.1, 0.15) is 12.1 Å². The molecular formula is C10H14N6. The maximum atomic E-state index is 5.79. The molecule has 2 aromatic rings. The van der Waals surface area contributed by atoms with Crippen LogP contribution in [0, 0.1) is 6.92 Å². The van der Waals surface area contributed by atoms with Crippen molar-refractivity contribution in [2.75, 3.05) is 11.1 Å². The van der Waals surface area contributed by atoms with E-state index in [0.29, 0.717) is 23.9 Å². The molecular weight excluding hydrogens is 204 g/mol. The van der Waals surface area contributed by atoms with Gasteiger partial charge in [0.15, 0.2) is 5.82 Å². The molecule has 0 amide bonds. The average molecular weight is 218 g/mol. The highest BCUT2D eigenvalue weighted by atomic mass is 15.3. The summed E-state index contributed by atoms with van der Waals surface area (Å²) in [6, 6.07) is 3.70. The van der Waals surface area contributed by atoms with Gasteiger partial charge in [-0.25, -0.2) is 9.97 Å². The minimum absolute atomic E-state index is 0.515. The van der Waals surface area contributed by atoms with Crippen LogP contribution >= 0.6 is 0 Å². The number of rotatable bonds is 3. The van der Waals surface area contributed by atoms with Crippen LogP contribution in [-0.2, 0) is 13.6 Å². The van der Waals surface area contributed by atoms with E-state index in [-0.39, 0.29) is 0 Å². The molecule has 0 bridgehead atoms. The predicted octanol–water partition coefficient (Wildman–Crippen LogP) is 0.713. The Balaban J connectivity index is 2.07. The highest BCUT2D eigenvalue weighted by Crippen LogP contribution is 2.15. The number of nitrogens with zero attached hydrogens (tertiary/aromatic N) is 4. The van der Waals surface area contributed by atoms with Crippen molar-refractivity contribution >= 4 is 11.5 Å². The highest BCUT2D eigenvalue weighted by molar-refractivity contribution is 5.61.